The van der Waals surface area contributed by atoms with E-state index in [1.165, 1.54) is 0 Å². The Labute approximate surface area is 194 Å². The number of ether oxygens (including phenoxy) is 1. The summed E-state index contributed by atoms with van der Waals surface area (Å²) in [5, 5.41) is 7.36. The third-order valence-electron chi connectivity index (χ3n) is 7.42. The zero-order valence-electron chi connectivity index (χ0n) is 19.3. The van der Waals surface area contributed by atoms with Crippen molar-refractivity contribution in [2.24, 2.45) is 11.8 Å². The van der Waals surface area contributed by atoms with Crippen molar-refractivity contribution in [2.45, 2.75) is 45.1 Å². The maximum Gasteiger partial charge on any atom is 0.274 e. The quantitative estimate of drug-likeness (QED) is 0.712. The standard InChI is InChI=1S/C26H32N4O3/c1-33-20-7-4-6-18(16-20)17-30-13-3-2-8-21(25(30)31)19-11-14-29(15-12-19)26(32)24-22-9-5-10-23(22)27-28-24/h2-4,6-7,16,19,21H,5,8-15,17H2,1H3,(H,27,28). The molecule has 2 aromatic rings. The highest BCUT2D eigenvalue weighted by Crippen LogP contribution is 2.32. The number of carbonyl (C=O) groups is 2. The number of fused-ring (bicyclic) bond motifs is 1. The maximum absolute atomic E-state index is 13.5. The van der Waals surface area contributed by atoms with Crippen LogP contribution in [0.4, 0.5) is 0 Å². The van der Waals surface area contributed by atoms with Crippen LogP contribution in [0, 0.1) is 11.8 Å². The van der Waals surface area contributed by atoms with Crippen LogP contribution in [0.15, 0.2) is 36.4 Å². The van der Waals surface area contributed by atoms with Crippen molar-refractivity contribution in [1.82, 2.24) is 20.0 Å². The second kappa shape index (κ2) is 9.41. The van der Waals surface area contributed by atoms with Crippen LogP contribution < -0.4 is 4.74 Å². The summed E-state index contributed by atoms with van der Waals surface area (Å²) >= 11 is 0. The molecule has 1 aromatic heterocycles. The summed E-state index contributed by atoms with van der Waals surface area (Å²) in [5.41, 5.74) is 3.92. The van der Waals surface area contributed by atoms with Gasteiger partial charge in [0.05, 0.1) is 7.11 Å². The number of aromatic amines is 1. The first kappa shape index (κ1) is 21.7. The normalized spacial score (nSPS) is 21.2. The van der Waals surface area contributed by atoms with Crippen molar-refractivity contribution in [3.63, 3.8) is 0 Å². The first-order chi connectivity index (χ1) is 16.1. The summed E-state index contributed by atoms with van der Waals surface area (Å²) in [5.74, 6) is 1.34. The lowest BCUT2D eigenvalue weighted by atomic mass is 9.81. The maximum atomic E-state index is 13.5. The number of H-pyrrole nitrogens is 1. The van der Waals surface area contributed by atoms with Crippen LogP contribution in [0.1, 0.15) is 53.0 Å². The van der Waals surface area contributed by atoms with Crippen molar-refractivity contribution in [2.75, 3.05) is 26.7 Å². The van der Waals surface area contributed by atoms with Gasteiger partial charge in [0, 0.05) is 43.4 Å². The SMILES string of the molecule is COc1cccc(CN2CC=CCC(C3CCN(C(=O)c4n[nH]c5c4CCC5)CC3)C2=O)c1. The third-order valence-corrected chi connectivity index (χ3v) is 7.42. The van der Waals surface area contributed by atoms with Gasteiger partial charge in [0.15, 0.2) is 5.69 Å². The van der Waals surface area contributed by atoms with Gasteiger partial charge in [-0.05, 0) is 62.1 Å². The Balaban J connectivity index is 1.22. The molecule has 1 saturated heterocycles. The highest BCUT2D eigenvalue weighted by Gasteiger charge is 2.36. The molecule has 7 nitrogen and oxygen atoms in total. The molecule has 1 fully saturated rings. The molecule has 174 valence electrons. The number of rotatable bonds is 5. The van der Waals surface area contributed by atoms with Gasteiger partial charge < -0.3 is 14.5 Å². The fraction of sp³-hybridized carbons (Fsp3) is 0.500. The molecule has 1 aliphatic carbocycles. The lowest BCUT2D eigenvalue weighted by molar-refractivity contribution is -0.137. The van der Waals surface area contributed by atoms with E-state index in [0.717, 1.165) is 61.1 Å². The Bertz CT molecular complexity index is 1050. The van der Waals surface area contributed by atoms with E-state index in [0.29, 0.717) is 37.8 Å². The van der Waals surface area contributed by atoms with Gasteiger partial charge in [0.1, 0.15) is 5.75 Å². The van der Waals surface area contributed by atoms with E-state index in [1.54, 1.807) is 7.11 Å². The monoisotopic (exact) mass is 448 g/mol. The molecule has 1 atom stereocenters. The van der Waals surface area contributed by atoms with E-state index in [9.17, 15) is 9.59 Å². The van der Waals surface area contributed by atoms with Crippen LogP contribution in [-0.4, -0.2) is 58.6 Å². The van der Waals surface area contributed by atoms with Gasteiger partial charge >= 0.3 is 0 Å². The van der Waals surface area contributed by atoms with E-state index >= 15 is 0 Å². The van der Waals surface area contributed by atoms with Crippen molar-refractivity contribution < 1.29 is 14.3 Å². The highest BCUT2D eigenvalue weighted by atomic mass is 16.5. The second-order valence-electron chi connectivity index (χ2n) is 9.40. The van der Waals surface area contributed by atoms with Crippen LogP contribution >= 0.6 is 0 Å². The lowest BCUT2D eigenvalue weighted by Gasteiger charge is -2.36. The first-order valence-electron chi connectivity index (χ1n) is 12.1. The molecule has 33 heavy (non-hydrogen) atoms. The lowest BCUT2D eigenvalue weighted by Crippen LogP contribution is -2.44. The molecule has 7 heteroatoms. The topological polar surface area (TPSA) is 78.5 Å². The molecule has 1 N–H and O–H groups in total. The number of aryl methyl sites for hydroxylation is 1. The second-order valence-corrected chi connectivity index (χ2v) is 9.40. The minimum absolute atomic E-state index is 0.0266. The minimum Gasteiger partial charge on any atom is -0.497 e. The molecule has 0 bridgehead atoms. The van der Waals surface area contributed by atoms with Gasteiger partial charge in [-0.1, -0.05) is 24.3 Å². The average molecular weight is 449 g/mol. The van der Waals surface area contributed by atoms with Crippen molar-refractivity contribution in [3.05, 3.63) is 58.9 Å². The van der Waals surface area contributed by atoms with Gasteiger partial charge in [-0.3, -0.25) is 14.7 Å². The molecule has 3 aliphatic rings. The van der Waals surface area contributed by atoms with Crippen LogP contribution in [0.2, 0.25) is 0 Å². The number of methoxy groups -OCH3 is 1. The Morgan fingerprint density at radius 1 is 1.21 bits per heavy atom. The van der Waals surface area contributed by atoms with Crippen LogP contribution in [-0.2, 0) is 24.2 Å². The predicted octanol–water partition coefficient (Wildman–Crippen LogP) is 3.36. The molecule has 1 aromatic carbocycles. The number of nitrogens with one attached hydrogen (secondary N) is 1. The van der Waals surface area contributed by atoms with E-state index < -0.39 is 0 Å². The summed E-state index contributed by atoms with van der Waals surface area (Å²) in [6.45, 7) is 2.59. The zero-order valence-corrected chi connectivity index (χ0v) is 19.3. The number of nitrogens with zero attached hydrogens (tertiary/aromatic N) is 3. The fourth-order valence-corrected chi connectivity index (χ4v) is 5.55. The molecule has 0 saturated carbocycles. The van der Waals surface area contributed by atoms with Gasteiger partial charge in [0.25, 0.3) is 5.91 Å². The number of allylic oxidation sites excluding steroid dienone is 1. The van der Waals surface area contributed by atoms with Gasteiger partial charge in [-0.25, -0.2) is 0 Å². The molecular formula is C26H32N4O3. The van der Waals surface area contributed by atoms with Gasteiger partial charge in [0.2, 0.25) is 5.91 Å². The number of hydrogen-bond acceptors (Lipinski definition) is 4. The Morgan fingerprint density at radius 2 is 2.06 bits per heavy atom. The molecule has 2 amide bonds. The summed E-state index contributed by atoms with van der Waals surface area (Å²) in [4.78, 5) is 30.4. The van der Waals surface area contributed by atoms with Crippen LogP contribution in [0.25, 0.3) is 0 Å². The van der Waals surface area contributed by atoms with Crippen molar-refractivity contribution >= 4 is 11.8 Å². The Kier molecular flexibility index (Phi) is 6.20. The first-order valence-corrected chi connectivity index (χ1v) is 12.1. The number of amides is 2. The minimum atomic E-state index is -0.0266. The van der Waals surface area contributed by atoms with Gasteiger partial charge in [-0.15, -0.1) is 0 Å². The largest absolute Gasteiger partial charge is 0.497 e. The molecule has 0 radical (unpaired) electrons. The van der Waals surface area contributed by atoms with E-state index in [4.69, 9.17) is 4.74 Å². The van der Waals surface area contributed by atoms with E-state index in [2.05, 4.69) is 22.3 Å². The molecule has 5 rings (SSSR count). The van der Waals surface area contributed by atoms with Crippen LogP contribution in [0.3, 0.4) is 0 Å². The van der Waals surface area contributed by atoms with Gasteiger partial charge in [-0.2, -0.15) is 5.10 Å². The third kappa shape index (κ3) is 4.41. The molecular weight excluding hydrogens is 416 g/mol. The zero-order chi connectivity index (χ0) is 22.8. The van der Waals surface area contributed by atoms with E-state index in [-0.39, 0.29) is 17.7 Å². The van der Waals surface area contributed by atoms with E-state index in [1.807, 2.05) is 34.1 Å². The molecule has 3 heterocycles. The Morgan fingerprint density at radius 3 is 2.88 bits per heavy atom. The number of aromatic nitrogens is 2. The summed E-state index contributed by atoms with van der Waals surface area (Å²) < 4.78 is 5.34. The number of carbonyl (C=O) groups excluding carboxylic acids is 2. The van der Waals surface area contributed by atoms with Crippen molar-refractivity contribution in [1.29, 1.82) is 0 Å². The highest BCUT2D eigenvalue weighted by molar-refractivity contribution is 5.94. The summed E-state index contributed by atoms with van der Waals surface area (Å²) in [7, 11) is 1.66. The summed E-state index contributed by atoms with van der Waals surface area (Å²) in [6.07, 6.45) is 9.77. The molecule has 2 aliphatic heterocycles. The fourth-order valence-electron chi connectivity index (χ4n) is 5.55. The number of likely N-dealkylation sites (tertiary alicyclic amines) is 1. The van der Waals surface area contributed by atoms with Crippen LogP contribution in [0.5, 0.6) is 5.75 Å². The number of hydrogen-bond donors (Lipinski definition) is 1. The smallest absolute Gasteiger partial charge is 0.274 e. The predicted molar refractivity (Wildman–Crippen MR) is 125 cm³/mol. The molecule has 0 spiro atoms. The summed E-state index contributed by atoms with van der Waals surface area (Å²) in [6, 6.07) is 7.91. The number of benzene rings is 1. The number of piperidine rings is 1. The average Bonchev–Trinajstić information content (AvgIpc) is 3.42. The van der Waals surface area contributed by atoms with Crippen molar-refractivity contribution in [3.8, 4) is 5.75 Å². The Hall–Kier alpha value is -3.09. The molecule has 1 unspecified atom stereocenters.